The maximum Gasteiger partial charge on any atom is 0.303 e. The maximum absolute atomic E-state index is 13.4. The number of aromatic nitrogens is 1. The summed E-state index contributed by atoms with van der Waals surface area (Å²) < 4.78 is 0. The normalized spacial score (nSPS) is 20.0. The number of carboxylic acid groups (broad SMARTS) is 1. The Morgan fingerprint density at radius 3 is 2.58 bits per heavy atom. The number of pyridine rings is 1. The number of primary amides is 1. The Kier molecular flexibility index (Phi) is 8.17. The van der Waals surface area contributed by atoms with Crippen LogP contribution in [0.5, 0.6) is 0 Å². The molecule has 3 heterocycles. The second-order valence-electron chi connectivity index (χ2n) is 8.39. The van der Waals surface area contributed by atoms with Crippen LogP contribution in [-0.2, 0) is 9.59 Å². The molecule has 1 atom stereocenters. The zero-order chi connectivity index (χ0) is 22.4. The smallest absolute Gasteiger partial charge is 0.303 e. The van der Waals surface area contributed by atoms with Gasteiger partial charge in [-0.25, -0.2) is 4.98 Å². The molecule has 0 bridgehead atoms. The number of rotatable bonds is 8. The lowest BCUT2D eigenvalue weighted by atomic mass is 9.94. The number of nitrogens with two attached hydrogens (primary N) is 1. The summed E-state index contributed by atoms with van der Waals surface area (Å²) in [5, 5.41) is 10.1. The van der Waals surface area contributed by atoms with Crippen LogP contribution in [0.4, 0.5) is 5.82 Å². The van der Waals surface area contributed by atoms with Crippen LogP contribution in [0.1, 0.15) is 55.8 Å². The Morgan fingerprint density at radius 2 is 1.94 bits per heavy atom. The highest BCUT2D eigenvalue weighted by atomic mass is 32.2. The van der Waals surface area contributed by atoms with Crippen LogP contribution in [0.2, 0.25) is 0 Å². The first-order chi connectivity index (χ1) is 14.9. The van der Waals surface area contributed by atoms with Gasteiger partial charge in [-0.05, 0) is 55.9 Å². The van der Waals surface area contributed by atoms with Gasteiger partial charge in [0.2, 0.25) is 5.91 Å². The lowest BCUT2D eigenvalue weighted by molar-refractivity contribution is -0.138. The van der Waals surface area contributed by atoms with Crippen molar-refractivity contribution in [3.8, 4) is 0 Å². The van der Waals surface area contributed by atoms with Gasteiger partial charge in [-0.15, -0.1) is 11.8 Å². The molecule has 2 fully saturated rings. The quantitative estimate of drug-likeness (QED) is 0.587. The van der Waals surface area contributed by atoms with Crippen LogP contribution in [0, 0.1) is 11.8 Å². The molecule has 0 aliphatic carbocycles. The van der Waals surface area contributed by atoms with Crippen molar-refractivity contribution < 1.29 is 19.5 Å². The molecule has 8 nitrogen and oxygen atoms in total. The summed E-state index contributed by atoms with van der Waals surface area (Å²) in [5.74, 6) is 0.297. The Labute approximate surface area is 187 Å². The zero-order valence-corrected chi connectivity index (χ0v) is 18.9. The van der Waals surface area contributed by atoms with E-state index in [1.54, 1.807) is 16.7 Å². The van der Waals surface area contributed by atoms with Crippen molar-refractivity contribution >= 4 is 35.4 Å². The number of nitrogens with zero attached hydrogens (tertiary/aromatic N) is 3. The highest BCUT2D eigenvalue weighted by Crippen LogP contribution is 2.31. The predicted octanol–water partition coefficient (Wildman–Crippen LogP) is 2.61. The molecule has 3 N–H and O–H groups in total. The third kappa shape index (κ3) is 6.12. The van der Waals surface area contributed by atoms with Gasteiger partial charge >= 0.3 is 5.97 Å². The lowest BCUT2D eigenvalue weighted by Crippen LogP contribution is -2.43. The van der Waals surface area contributed by atoms with Crippen LogP contribution in [-0.4, -0.2) is 64.7 Å². The van der Waals surface area contributed by atoms with Crippen molar-refractivity contribution in [2.24, 2.45) is 17.6 Å². The van der Waals surface area contributed by atoms with Gasteiger partial charge in [0.25, 0.3) is 5.91 Å². The minimum Gasteiger partial charge on any atom is -0.481 e. The van der Waals surface area contributed by atoms with Gasteiger partial charge in [0.1, 0.15) is 5.82 Å². The number of likely N-dealkylation sites (tertiary alicyclic amines) is 1. The molecular formula is C22H32N4O4S. The van der Waals surface area contributed by atoms with E-state index in [0.717, 1.165) is 36.6 Å². The van der Waals surface area contributed by atoms with E-state index in [0.29, 0.717) is 43.9 Å². The van der Waals surface area contributed by atoms with Crippen LogP contribution in [0.25, 0.3) is 0 Å². The maximum atomic E-state index is 13.4. The Balaban J connectivity index is 1.83. The Hall–Kier alpha value is -2.29. The third-order valence-electron chi connectivity index (χ3n) is 6.00. The summed E-state index contributed by atoms with van der Waals surface area (Å²) in [5.41, 5.74) is 5.97. The van der Waals surface area contributed by atoms with E-state index >= 15 is 0 Å². The summed E-state index contributed by atoms with van der Waals surface area (Å²) >= 11 is 1.66. The molecule has 2 aliphatic heterocycles. The molecule has 1 aromatic rings. The highest BCUT2D eigenvalue weighted by molar-refractivity contribution is 7.99. The summed E-state index contributed by atoms with van der Waals surface area (Å²) in [4.78, 5) is 44.7. The molecule has 31 heavy (non-hydrogen) atoms. The van der Waals surface area contributed by atoms with E-state index < -0.39 is 5.97 Å². The number of anilines is 1. The minimum atomic E-state index is -0.791. The summed E-state index contributed by atoms with van der Waals surface area (Å²) in [6.07, 6.45) is 4.07. The van der Waals surface area contributed by atoms with E-state index in [-0.39, 0.29) is 30.1 Å². The Bertz CT molecular complexity index is 811. The fourth-order valence-corrected chi connectivity index (χ4v) is 5.06. The zero-order valence-electron chi connectivity index (χ0n) is 18.1. The minimum absolute atomic E-state index is 0.0502. The number of carboxylic acids is 1. The standard InChI is InChI=1S/C22H32N4O4S/c1-2-12-31-18-6-5-17(22(30)25-10-7-16(8-11-25)20(23)29)21(24-18)26-9-3-4-15(14-26)13-19(27)28/h5-6,15-16H,2-4,7-14H2,1H3,(H2,23,29)(H,27,28)/t15-/m0/s1. The number of thioether (sulfide) groups is 1. The molecule has 2 saturated heterocycles. The number of piperidine rings is 2. The summed E-state index contributed by atoms with van der Waals surface area (Å²) in [6, 6.07) is 3.75. The molecule has 3 rings (SSSR count). The van der Waals surface area contributed by atoms with Crippen molar-refractivity contribution in [2.75, 3.05) is 36.8 Å². The van der Waals surface area contributed by atoms with Gasteiger partial charge < -0.3 is 20.6 Å². The molecule has 0 unspecified atom stereocenters. The first-order valence-corrected chi connectivity index (χ1v) is 12.1. The van der Waals surface area contributed by atoms with Crippen molar-refractivity contribution in [1.29, 1.82) is 0 Å². The number of hydrogen-bond donors (Lipinski definition) is 2. The van der Waals surface area contributed by atoms with Crippen molar-refractivity contribution in [1.82, 2.24) is 9.88 Å². The SMILES string of the molecule is CCCSc1ccc(C(=O)N2CCC(C(N)=O)CC2)c(N2CCC[C@@H](CC(=O)O)C2)n1. The molecule has 0 spiro atoms. The molecule has 0 aromatic carbocycles. The molecule has 0 saturated carbocycles. The number of carbonyl (C=O) groups is 3. The van der Waals surface area contributed by atoms with Gasteiger partial charge in [-0.1, -0.05) is 6.92 Å². The average molecular weight is 449 g/mol. The fraction of sp³-hybridized carbons (Fsp3) is 0.636. The molecule has 9 heteroatoms. The highest BCUT2D eigenvalue weighted by Gasteiger charge is 2.31. The number of aliphatic carboxylic acids is 1. The summed E-state index contributed by atoms with van der Waals surface area (Å²) in [6.45, 7) is 4.46. The second kappa shape index (κ2) is 10.8. The van der Waals surface area contributed by atoms with E-state index in [9.17, 15) is 19.5 Å². The van der Waals surface area contributed by atoms with Crippen molar-refractivity contribution in [3.63, 3.8) is 0 Å². The molecule has 2 aliphatic rings. The monoisotopic (exact) mass is 448 g/mol. The van der Waals surface area contributed by atoms with Crippen LogP contribution < -0.4 is 10.6 Å². The number of carbonyl (C=O) groups excluding carboxylic acids is 2. The second-order valence-corrected chi connectivity index (χ2v) is 9.51. The third-order valence-corrected chi connectivity index (χ3v) is 7.14. The van der Waals surface area contributed by atoms with Crippen LogP contribution in [0.15, 0.2) is 17.2 Å². The predicted molar refractivity (Wildman–Crippen MR) is 120 cm³/mol. The van der Waals surface area contributed by atoms with Crippen molar-refractivity contribution in [3.05, 3.63) is 17.7 Å². The van der Waals surface area contributed by atoms with Gasteiger partial charge in [-0.2, -0.15) is 0 Å². The Morgan fingerprint density at radius 1 is 1.19 bits per heavy atom. The summed E-state index contributed by atoms with van der Waals surface area (Å²) in [7, 11) is 0. The number of amides is 2. The first kappa shape index (κ1) is 23.4. The van der Waals surface area contributed by atoms with Gasteiger partial charge in [-0.3, -0.25) is 14.4 Å². The molecule has 170 valence electrons. The van der Waals surface area contributed by atoms with Crippen LogP contribution >= 0.6 is 11.8 Å². The molecular weight excluding hydrogens is 416 g/mol. The topological polar surface area (TPSA) is 117 Å². The van der Waals surface area contributed by atoms with E-state index in [1.807, 2.05) is 12.1 Å². The molecule has 0 radical (unpaired) electrons. The van der Waals surface area contributed by atoms with E-state index in [4.69, 9.17) is 10.7 Å². The van der Waals surface area contributed by atoms with E-state index in [1.165, 1.54) is 0 Å². The van der Waals surface area contributed by atoms with Gasteiger partial charge in [0, 0.05) is 38.5 Å². The van der Waals surface area contributed by atoms with Gasteiger partial charge in [0.05, 0.1) is 10.6 Å². The lowest BCUT2D eigenvalue weighted by Gasteiger charge is -2.35. The fourth-order valence-electron chi connectivity index (χ4n) is 4.33. The molecule has 1 aromatic heterocycles. The van der Waals surface area contributed by atoms with Crippen LogP contribution in [0.3, 0.4) is 0 Å². The van der Waals surface area contributed by atoms with Gasteiger partial charge in [0.15, 0.2) is 0 Å². The average Bonchev–Trinajstić information content (AvgIpc) is 2.77. The number of hydrogen-bond acceptors (Lipinski definition) is 6. The first-order valence-electron chi connectivity index (χ1n) is 11.1. The van der Waals surface area contributed by atoms with Crippen molar-refractivity contribution in [2.45, 2.75) is 50.5 Å². The largest absolute Gasteiger partial charge is 0.481 e. The molecule has 2 amide bonds. The van der Waals surface area contributed by atoms with E-state index in [2.05, 4.69) is 11.8 Å².